The van der Waals surface area contributed by atoms with Crippen LogP contribution in [-0.2, 0) is 0 Å². The molecule has 26 heavy (non-hydrogen) atoms. The predicted octanol–water partition coefficient (Wildman–Crippen LogP) is 2.59. The maximum absolute atomic E-state index is 13.0. The Kier molecular flexibility index (Phi) is 5.41. The van der Waals surface area contributed by atoms with Gasteiger partial charge in [-0.2, -0.15) is 0 Å². The molecule has 1 aliphatic rings. The SMILES string of the molecule is COc1ccc(C(=O)N2CCCN(C(N)=O)CC2)cc1-c1ccccc1. The minimum Gasteiger partial charge on any atom is -0.496 e. The van der Waals surface area contributed by atoms with Crippen LogP contribution in [0.5, 0.6) is 5.75 Å². The van der Waals surface area contributed by atoms with Gasteiger partial charge in [0.05, 0.1) is 7.11 Å². The zero-order valence-electron chi connectivity index (χ0n) is 14.9. The van der Waals surface area contributed by atoms with E-state index in [1.807, 2.05) is 42.5 Å². The fourth-order valence-electron chi connectivity index (χ4n) is 3.21. The van der Waals surface area contributed by atoms with Gasteiger partial charge >= 0.3 is 6.03 Å². The van der Waals surface area contributed by atoms with Crippen molar-refractivity contribution in [2.75, 3.05) is 33.3 Å². The third kappa shape index (κ3) is 3.79. The van der Waals surface area contributed by atoms with E-state index in [0.717, 1.165) is 23.3 Å². The van der Waals surface area contributed by atoms with Crippen molar-refractivity contribution < 1.29 is 14.3 Å². The van der Waals surface area contributed by atoms with Gasteiger partial charge in [-0.3, -0.25) is 4.79 Å². The molecule has 3 rings (SSSR count). The summed E-state index contributed by atoms with van der Waals surface area (Å²) in [6, 6.07) is 14.9. The van der Waals surface area contributed by atoms with Crippen molar-refractivity contribution in [1.29, 1.82) is 0 Å². The number of hydrogen-bond donors (Lipinski definition) is 1. The molecule has 1 aliphatic heterocycles. The summed E-state index contributed by atoms with van der Waals surface area (Å²) in [4.78, 5) is 27.7. The number of rotatable bonds is 3. The van der Waals surface area contributed by atoms with E-state index >= 15 is 0 Å². The van der Waals surface area contributed by atoms with Crippen LogP contribution in [-0.4, -0.2) is 55.0 Å². The van der Waals surface area contributed by atoms with Gasteiger partial charge in [-0.05, 0) is 30.2 Å². The number of carbonyl (C=O) groups is 2. The molecular weight excluding hydrogens is 330 g/mol. The summed E-state index contributed by atoms with van der Waals surface area (Å²) in [6.45, 7) is 2.13. The zero-order chi connectivity index (χ0) is 18.5. The van der Waals surface area contributed by atoms with Crippen LogP contribution in [0.25, 0.3) is 11.1 Å². The van der Waals surface area contributed by atoms with E-state index in [0.29, 0.717) is 31.7 Å². The van der Waals surface area contributed by atoms with Gasteiger partial charge in [0.1, 0.15) is 5.75 Å². The van der Waals surface area contributed by atoms with Crippen LogP contribution in [0, 0.1) is 0 Å². The molecule has 1 saturated heterocycles. The average Bonchev–Trinajstić information content (AvgIpc) is 2.94. The Bertz CT molecular complexity index is 792. The monoisotopic (exact) mass is 353 g/mol. The quantitative estimate of drug-likeness (QED) is 0.921. The Balaban J connectivity index is 1.85. The Morgan fingerprint density at radius 2 is 1.65 bits per heavy atom. The van der Waals surface area contributed by atoms with E-state index in [4.69, 9.17) is 10.5 Å². The highest BCUT2D eigenvalue weighted by atomic mass is 16.5. The van der Waals surface area contributed by atoms with Gasteiger partial charge in [-0.25, -0.2) is 4.79 Å². The first-order chi connectivity index (χ1) is 12.6. The maximum Gasteiger partial charge on any atom is 0.314 e. The molecule has 136 valence electrons. The van der Waals surface area contributed by atoms with Crippen molar-refractivity contribution in [2.45, 2.75) is 6.42 Å². The van der Waals surface area contributed by atoms with Gasteiger partial charge in [0, 0.05) is 37.3 Å². The number of urea groups is 1. The molecule has 1 fully saturated rings. The molecule has 0 saturated carbocycles. The third-order valence-corrected chi connectivity index (χ3v) is 4.63. The average molecular weight is 353 g/mol. The Morgan fingerprint density at radius 1 is 0.962 bits per heavy atom. The lowest BCUT2D eigenvalue weighted by molar-refractivity contribution is 0.0762. The number of primary amides is 1. The molecule has 6 nitrogen and oxygen atoms in total. The van der Waals surface area contributed by atoms with Crippen molar-refractivity contribution in [2.24, 2.45) is 5.73 Å². The lowest BCUT2D eigenvalue weighted by atomic mass is 10.0. The number of amides is 3. The number of carbonyl (C=O) groups excluding carboxylic acids is 2. The molecule has 2 aromatic rings. The second-order valence-electron chi connectivity index (χ2n) is 6.25. The molecule has 0 aliphatic carbocycles. The molecule has 2 N–H and O–H groups in total. The lowest BCUT2D eigenvalue weighted by Gasteiger charge is -2.22. The number of methoxy groups -OCH3 is 1. The predicted molar refractivity (Wildman–Crippen MR) is 100 cm³/mol. The molecule has 6 heteroatoms. The van der Waals surface area contributed by atoms with Gasteiger partial charge in [-0.1, -0.05) is 30.3 Å². The number of nitrogens with zero attached hydrogens (tertiary/aromatic N) is 2. The number of benzene rings is 2. The van der Waals surface area contributed by atoms with E-state index < -0.39 is 6.03 Å². The summed E-state index contributed by atoms with van der Waals surface area (Å²) in [5, 5.41) is 0. The van der Waals surface area contributed by atoms with Crippen molar-refractivity contribution in [3.05, 3.63) is 54.1 Å². The topological polar surface area (TPSA) is 75.9 Å². The van der Waals surface area contributed by atoms with Crippen LogP contribution in [0.15, 0.2) is 48.5 Å². The minimum atomic E-state index is -0.435. The van der Waals surface area contributed by atoms with Crippen LogP contribution in [0.2, 0.25) is 0 Å². The highest BCUT2D eigenvalue weighted by Crippen LogP contribution is 2.31. The van der Waals surface area contributed by atoms with Crippen molar-refractivity contribution in [3.63, 3.8) is 0 Å². The van der Waals surface area contributed by atoms with Gasteiger partial charge < -0.3 is 20.3 Å². The minimum absolute atomic E-state index is 0.0452. The smallest absolute Gasteiger partial charge is 0.314 e. The first kappa shape index (κ1) is 17.8. The second-order valence-corrected chi connectivity index (χ2v) is 6.25. The summed E-state index contributed by atoms with van der Waals surface area (Å²) in [7, 11) is 1.62. The maximum atomic E-state index is 13.0. The first-order valence-corrected chi connectivity index (χ1v) is 8.67. The Labute approximate surface area is 153 Å². The highest BCUT2D eigenvalue weighted by molar-refractivity contribution is 5.96. The van der Waals surface area contributed by atoms with Crippen LogP contribution in [0.1, 0.15) is 16.8 Å². The van der Waals surface area contributed by atoms with Gasteiger partial charge in [0.2, 0.25) is 0 Å². The van der Waals surface area contributed by atoms with E-state index in [-0.39, 0.29) is 5.91 Å². The van der Waals surface area contributed by atoms with E-state index in [9.17, 15) is 9.59 Å². The highest BCUT2D eigenvalue weighted by Gasteiger charge is 2.22. The molecule has 2 aromatic carbocycles. The van der Waals surface area contributed by atoms with Crippen LogP contribution < -0.4 is 10.5 Å². The van der Waals surface area contributed by atoms with E-state index in [1.54, 1.807) is 23.0 Å². The normalized spacial score (nSPS) is 14.7. The third-order valence-electron chi connectivity index (χ3n) is 4.63. The lowest BCUT2D eigenvalue weighted by Crippen LogP contribution is -2.39. The van der Waals surface area contributed by atoms with Crippen LogP contribution >= 0.6 is 0 Å². The fraction of sp³-hybridized carbons (Fsp3) is 0.300. The second kappa shape index (κ2) is 7.91. The first-order valence-electron chi connectivity index (χ1n) is 8.67. The molecule has 1 heterocycles. The van der Waals surface area contributed by atoms with E-state index in [1.165, 1.54) is 0 Å². The van der Waals surface area contributed by atoms with Crippen LogP contribution in [0.3, 0.4) is 0 Å². The number of nitrogens with two attached hydrogens (primary N) is 1. The van der Waals surface area contributed by atoms with E-state index in [2.05, 4.69) is 0 Å². The number of ether oxygens (including phenoxy) is 1. The molecule has 0 spiro atoms. The molecule has 3 amide bonds. The molecule has 0 radical (unpaired) electrons. The summed E-state index contributed by atoms with van der Waals surface area (Å²) in [6.07, 6.45) is 0.719. The molecular formula is C20H23N3O3. The van der Waals surface area contributed by atoms with Gasteiger partial charge in [-0.15, -0.1) is 0 Å². The van der Waals surface area contributed by atoms with Crippen LogP contribution in [0.4, 0.5) is 4.79 Å². The summed E-state index contributed by atoms with van der Waals surface area (Å²) < 4.78 is 5.46. The van der Waals surface area contributed by atoms with Crippen molar-refractivity contribution in [3.8, 4) is 16.9 Å². The summed E-state index contributed by atoms with van der Waals surface area (Å²) in [5.41, 5.74) is 7.84. The zero-order valence-corrected chi connectivity index (χ0v) is 14.9. The summed E-state index contributed by atoms with van der Waals surface area (Å²) in [5.74, 6) is 0.680. The molecule has 0 atom stereocenters. The summed E-state index contributed by atoms with van der Waals surface area (Å²) >= 11 is 0. The Morgan fingerprint density at radius 3 is 2.35 bits per heavy atom. The Hall–Kier alpha value is -3.02. The van der Waals surface area contributed by atoms with Crippen molar-refractivity contribution >= 4 is 11.9 Å². The molecule has 0 aromatic heterocycles. The van der Waals surface area contributed by atoms with Gasteiger partial charge in [0.25, 0.3) is 5.91 Å². The number of hydrogen-bond acceptors (Lipinski definition) is 3. The van der Waals surface area contributed by atoms with Gasteiger partial charge in [0.15, 0.2) is 0 Å². The van der Waals surface area contributed by atoms with Crippen molar-refractivity contribution in [1.82, 2.24) is 9.80 Å². The fourth-order valence-corrected chi connectivity index (χ4v) is 3.21. The standard InChI is InChI=1S/C20H23N3O3/c1-26-18-9-8-16(14-17(18)15-6-3-2-4-7-15)19(24)22-10-5-11-23(13-12-22)20(21)25/h2-4,6-9,14H,5,10-13H2,1H3,(H2,21,25). The molecule has 0 unspecified atom stereocenters. The molecule has 0 bridgehead atoms. The largest absolute Gasteiger partial charge is 0.496 e.